The highest BCUT2D eigenvalue weighted by molar-refractivity contribution is 5.02. The van der Waals surface area contributed by atoms with Gasteiger partial charge in [-0.05, 0) is 80.5 Å². The average Bonchev–Trinajstić information content (AvgIpc) is 2.57. The zero-order chi connectivity index (χ0) is 14.8. The second kappa shape index (κ2) is 6.63. The van der Waals surface area contributed by atoms with Crippen molar-refractivity contribution < 1.29 is 0 Å². The van der Waals surface area contributed by atoms with Crippen molar-refractivity contribution >= 4 is 0 Å². The molecule has 0 spiro atoms. The Morgan fingerprint density at radius 1 is 0.762 bits per heavy atom. The van der Waals surface area contributed by atoms with Crippen LogP contribution < -0.4 is 0 Å². The van der Waals surface area contributed by atoms with Crippen LogP contribution in [0.15, 0.2) is 0 Å². The molecule has 2 bridgehead atoms. The van der Waals surface area contributed by atoms with Crippen LogP contribution in [0, 0.1) is 22.7 Å². The highest BCUT2D eigenvalue weighted by atomic mass is 14.6. The number of fused-ring (bicyclic) bond motifs is 3. The van der Waals surface area contributed by atoms with Gasteiger partial charge in [-0.1, -0.05) is 52.4 Å². The van der Waals surface area contributed by atoms with Crippen molar-refractivity contribution in [3.8, 4) is 0 Å². The zero-order valence-corrected chi connectivity index (χ0v) is 14.8. The van der Waals surface area contributed by atoms with Gasteiger partial charge >= 0.3 is 0 Å². The summed E-state index contributed by atoms with van der Waals surface area (Å²) >= 11 is 0. The number of hydrogen-bond acceptors (Lipinski definition) is 0. The molecule has 4 fully saturated rings. The molecule has 0 saturated heterocycles. The Morgan fingerprint density at radius 2 is 1.38 bits per heavy atom. The normalized spacial score (nSPS) is 43.1. The number of unbranched alkanes of at least 4 members (excludes halogenated alkanes) is 2. The highest BCUT2D eigenvalue weighted by Gasteiger charge is 2.51. The zero-order valence-electron chi connectivity index (χ0n) is 14.8. The van der Waals surface area contributed by atoms with Crippen LogP contribution in [0.5, 0.6) is 0 Å². The predicted molar refractivity (Wildman–Crippen MR) is 92.4 cm³/mol. The van der Waals surface area contributed by atoms with E-state index in [2.05, 4.69) is 13.8 Å². The van der Waals surface area contributed by atoms with Gasteiger partial charge in [0.25, 0.3) is 0 Å². The van der Waals surface area contributed by atoms with E-state index in [0.717, 1.165) is 22.7 Å². The van der Waals surface area contributed by atoms with Crippen LogP contribution in [-0.4, -0.2) is 0 Å². The quantitative estimate of drug-likeness (QED) is 0.457. The van der Waals surface area contributed by atoms with Gasteiger partial charge < -0.3 is 0 Å². The van der Waals surface area contributed by atoms with Gasteiger partial charge in [-0.25, -0.2) is 0 Å². The Hall–Kier alpha value is 0. The fourth-order valence-corrected chi connectivity index (χ4v) is 6.21. The molecule has 0 aromatic carbocycles. The Balaban J connectivity index is 1.54. The number of rotatable bonds is 6. The van der Waals surface area contributed by atoms with Crippen molar-refractivity contribution in [2.24, 2.45) is 22.7 Å². The van der Waals surface area contributed by atoms with Gasteiger partial charge in [0.1, 0.15) is 0 Å². The topological polar surface area (TPSA) is 0 Å². The summed E-state index contributed by atoms with van der Waals surface area (Å²) in [5, 5.41) is 0. The molecule has 4 rings (SSSR count). The van der Waals surface area contributed by atoms with Gasteiger partial charge in [0, 0.05) is 0 Å². The summed E-state index contributed by atoms with van der Waals surface area (Å²) in [6.45, 7) is 4.74. The third-order valence-electron chi connectivity index (χ3n) is 8.06. The molecule has 0 unspecified atom stereocenters. The smallest absolute Gasteiger partial charge is 0.0269 e. The number of hydrogen-bond donors (Lipinski definition) is 0. The van der Waals surface area contributed by atoms with Crippen molar-refractivity contribution in [3.63, 3.8) is 0 Å². The minimum atomic E-state index is 0.803. The molecule has 0 N–H and O–H groups in total. The van der Waals surface area contributed by atoms with E-state index in [9.17, 15) is 0 Å². The molecule has 4 saturated carbocycles. The Morgan fingerprint density at radius 3 is 1.90 bits per heavy atom. The fourth-order valence-electron chi connectivity index (χ4n) is 6.21. The van der Waals surface area contributed by atoms with E-state index in [1.165, 1.54) is 25.7 Å². The molecular formula is C21H38. The average molecular weight is 291 g/mol. The van der Waals surface area contributed by atoms with Crippen LogP contribution in [0.1, 0.15) is 110 Å². The lowest BCUT2D eigenvalue weighted by Gasteiger charge is -2.58. The molecule has 0 amide bonds. The first-order valence-corrected chi connectivity index (χ1v) is 10.2. The molecule has 0 nitrogen and oxygen atoms in total. The van der Waals surface area contributed by atoms with Gasteiger partial charge in [-0.2, -0.15) is 0 Å². The molecule has 0 heterocycles. The molecule has 122 valence electrons. The standard InChI is InChI=1S/C21H38/c1-3-5-6-11-20-12-15-21(16-13-20,17-14-20)19-9-7-18(4-2)8-10-19/h18-19H,3-17H2,1-2H3/t18-,19-,20?,21?. The summed E-state index contributed by atoms with van der Waals surface area (Å²) in [6, 6.07) is 0. The maximum atomic E-state index is 2.40. The Bertz CT molecular complexity index is 296. The molecule has 21 heavy (non-hydrogen) atoms. The summed E-state index contributed by atoms with van der Waals surface area (Å²) in [5.74, 6) is 2.17. The second-order valence-corrected chi connectivity index (χ2v) is 8.95. The highest BCUT2D eigenvalue weighted by Crippen LogP contribution is 2.63. The van der Waals surface area contributed by atoms with E-state index in [1.54, 1.807) is 70.6 Å². The molecule has 0 heteroatoms. The predicted octanol–water partition coefficient (Wildman–Crippen LogP) is 7.12. The maximum Gasteiger partial charge on any atom is -0.0269 e. The second-order valence-electron chi connectivity index (χ2n) is 8.95. The molecular weight excluding hydrogens is 252 g/mol. The lowest BCUT2D eigenvalue weighted by molar-refractivity contribution is -0.0653. The molecule has 4 aliphatic carbocycles. The lowest BCUT2D eigenvalue weighted by atomic mass is 9.47. The van der Waals surface area contributed by atoms with E-state index in [-0.39, 0.29) is 0 Å². The largest absolute Gasteiger partial charge is 0.0654 e. The molecule has 4 aliphatic rings. The van der Waals surface area contributed by atoms with Crippen LogP contribution in [0.2, 0.25) is 0 Å². The molecule has 0 aromatic heterocycles. The van der Waals surface area contributed by atoms with Crippen LogP contribution in [0.25, 0.3) is 0 Å². The third kappa shape index (κ3) is 3.20. The molecule has 0 radical (unpaired) electrons. The van der Waals surface area contributed by atoms with Gasteiger partial charge in [0.15, 0.2) is 0 Å². The van der Waals surface area contributed by atoms with E-state index < -0.39 is 0 Å². The van der Waals surface area contributed by atoms with Crippen molar-refractivity contribution in [3.05, 3.63) is 0 Å². The minimum absolute atomic E-state index is 0.803. The molecule has 0 aromatic rings. The summed E-state index contributed by atoms with van der Waals surface area (Å²) in [6.07, 6.45) is 23.1. The maximum absolute atomic E-state index is 2.40. The first kappa shape index (κ1) is 15.9. The SMILES string of the molecule is CCCCCC12CCC([C@H]3CC[C@H](CC)CC3)(CC1)CC2. The van der Waals surface area contributed by atoms with E-state index in [4.69, 9.17) is 0 Å². The minimum Gasteiger partial charge on any atom is -0.0654 e. The first-order valence-electron chi connectivity index (χ1n) is 10.2. The van der Waals surface area contributed by atoms with E-state index >= 15 is 0 Å². The van der Waals surface area contributed by atoms with Crippen LogP contribution in [0.3, 0.4) is 0 Å². The van der Waals surface area contributed by atoms with Crippen molar-refractivity contribution in [2.45, 2.75) is 110 Å². The Labute approximate surface area is 133 Å². The molecule has 0 aliphatic heterocycles. The van der Waals surface area contributed by atoms with Crippen LogP contribution in [-0.2, 0) is 0 Å². The monoisotopic (exact) mass is 290 g/mol. The van der Waals surface area contributed by atoms with Gasteiger partial charge in [0.2, 0.25) is 0 Å². The summed E-state index contributed by atoms with van der Waals surface area (Å²) < 4.78 is 0. The van der Waals surface area contributed by atoms with E-state index in [1.807, 2.05) is 0 Å². The molecule has 0 atom stereocenters. The summed E-state index contributed by atoms with van der Waals surface area (Å²) in [7, 11) is 0. The van der Waals surface area contributed by atoms with Crippen molar-refractivity contribution in [1.29, 1.82) is 0 Å². The Kier molecular flexibility index (Phi) is 5.01. The van der Waals surface area contributed by atoms with Crippen molar-refractivity contribution in [1.82, 2.24) is 0 Å². The van der Waals surface area contributed by atoms with Gasteiger partial charge in [-0.3, -0.25) is 0 Å². The van der Waals surface area contributed by atoms with Gasteiger partial charge in [-0.15, -0.1) is 0 Å². The lowest BCUT2D eigenvalue weighted by Crippen LogP contribution is -2.46. The van der Waals surface area contributed by atoms with Gasteiger partial charge in [0.05, 0.1) is 0 Å². The van der Waals surface area contributed by atoms with E-state index in [0.29, 0.717) is 0 Å². The summed E-state index contributed by atoms with van der Waals surface area (Å²) in [4.78, 5) is 0. The van der Waals surface area contributed by atoms with Crippen LogP contribution >= 0.6 is 0 Å². The summed E-state index contributed by atoms with van der Waals surface area (Å²) in [5.41, 5.74) is 1.61. The fraction of sp³-hybridized carbons (Fsp3) is 1.00. The third-order valence-corrected chi connectivity index (χ3v) is 8.06. The first-order chi connectivity index (χ1) is 10.2. The van der Waals surface area contributed by atoms with Crippen molar-refractivity contribution in [2.75, 3.05) is 0 Å². The van der Waals surface area contributed by atoms with Crippen LogP contribution in [0.4, 0.5) is 0 Å².